The highest BCUT2D eigenvalue weighted by atomic mass is 19.4. The van der Waals surface area contributed by atoms with Crippen LogP contribution in [0, 0.1) is 0 Å². The van der Waals surface area contributed by atoms with E-state index in [9.17, 15) is 18.0 Å². The first-order chi connectivity index (χ1) is 10.7. The van der Waals surface area contributed by atoms with Crippen LogP contribution in [0.25, 0.3) is 0 Å². The van der Waals surface area contributed by atoms with Crippen LogP contribution in [0.3, 0.4) is 0 Å². The summed E-state index contributed by atoms with van der Waals surface area (Å²) in [6, 6.07) is 3.14. The van der Waals surface area contributed by atoms with Crippen LogP contribution in [0.4, 0.5) is 18.0 Å². The number of morpholine rings is 1. The van der Waals surface area contributed by atoms with E-state index in [0.29, 0.717) is 13.0 Å². The molecule has 0 bridgehead atoms. The standard InChI is InChI=1S/C15H20F3N3O2/c1-14(2)10-21(9-12(23-14)15(16,17)18)13(22)20-8-5-11-3-6-19-7-4-11/h3-4,6-7,12H,5,8-10H2,1-2H3,(H,20,22)/t12-/m1/s1. The average molecular weight is 331 g/mol. The Morgan fingerprint density at radius 3 is 2.70 bits per heavy atom. The van der Waals surface area contributed by atoms with E-state index in [1.54, 1.807) is 26.2 Å². The number of hydrogen-bond acceptors (Lipinski definition) is 3. The molecule has 5 nitrogen and oxygen atoms in total. The fourth-order valence-electron chi connectivity index (χ4n) is 2.48. The summed E-state index contributed by atoms with van der Waals surface area (Å²) < 4.78 is 43.8. The Labute approximate surface area is 132 Å². The number of amides is 2. The Morgan fingerprint density at radius 1 is 1.43 bits per heavy atom. The Bertz CT molecular complexity index is 535. The number of pyridine rings is 1. The van der Waals surface area contributed by atoms with E-state index in [0.717, 1.165) is 10.5 Å². The highest BCUT2D eigenvalue weighted by molar-refractivity contribution is 5.74. The van der Waals surface area contributed by atoms with Crippen molar-refractivity contribution < 1.29 is 22.7 Å². The molecule has 1 aliphatic rings. The molecule has 2 rings (SSSR count). The first-order valence-electron chi connectivity index (χ1n) is 7.33. The molecule has 0 aliphatic carbocycles. The lowest BCUT2D eigenvalue weighted by Gasteiger charge is -2.43. The first-order valence-corrected chi connectivity index (χ1v) is 7.33. The minimum Gasteiger partial charge on any atom is -0.359 e. The molecule has 1 aromatic heterocycles. The molecular formula is C15H20F3N3O2. The van der Waals surface area contributed by atoms with Gasteiger partial charge in [0, 0.05) is 18.9 Å². The molecule has 128 valence electrons. The number of carbonyl (C=O) groups excluding carboxylic acids is 1. The van der Waals surface area contributed by atoms with Gasteiger partial charge in [-0.05, 0) is 38.0 Å². The Balaban J connectivity index is 1.90. The van der Waals surface area contributed by atoms with Crippen LogP contribution >= 0.6 is 0 Å². The second-order valence-corrected chi connectivity index (χ2v) is 6.13. The number of nitrogens with one attached hydrogen (secondary N) is 1. The summed E-state index contributed by atoms with van der Waals surface area (Å²) in [4.78, 5) is 17.2. The van der Waals surface area contributed by atoms with Gasteiger partial charge in [0.2, 0.25) is 0 Å². The summed E-state index contributed by atoms with van der Waals surface area (Å²) in [6.07, 6.45) is -2.57. The zero-order valence-corrected chi connectivity index (χ0v) is 13.1. The summed E-state index contributed by atoms with van der Waals surface area (Å²) in [5.74, 6) is 0. The lowest BCUT2D eigenvalue weighted by atomic mass is 10.1. The van der Waals surface area contributed by atoms with Crippen molar-refractivity contribution in [3.63, 3.8) is 0 Å². The van der Waals surface area contributed by atoms with Crippen molar-refractivity contribution in [3.8, 4) is 0 Å². The van der Waals surface area contributed by atoms with E-state index >= 15 is 0 Å². The number of rotatable bonds is 3. The molecule has 1 aliphatic heterocycles. The second-order valence-electron chi connectivity index (χ2n) is 6.13. The molecule has 1 aromatic rings. The third-order valence-corrected chi connectivity index (χ3v) is 3.51. The van der Waals surface area contributed by atoms with Gasteiger partial charge in [-0.15, -0.1) is 0 Å². The maximum Gasteiger partial charge on any atom is 0.416 e. The molecule has 1 atom stereocenters. The van der Waals surface area contributed by atoms with Gasteiger partial charge in [0.15, 0.2) is 6.10 Å². The van der Waals surface area contributed by atoms with Gasteiger partial charge in [0.25, 0.3) is 0 Å². The largest absolute Gasteiger partial charge is 0.416 e. The van der Waals surface area contributed by atoms with Gasteiger partial charge in [-0.25, -0.2) is 4.79 Å². The molecule has 1 N–H and O–H groups in total. The van der Waals surface area contributed by atoms with Crippen LogP contribution in [0.2, 0.25) is 0 Å². The van der Waals surface area contributed by atoms with E-state index in [4.69, 9.17) is 4.74 Å². The van der Waals surface area contributed by atoms with Crippen molar-refractivity contribution in [3.05, 3.63) is 30.1 Å². The summed E-state index contributed by atoms with van der Waals surface area (Å²) in [5, 5.41) is 2.65. The maximum atomic E-state index is 12.9. The molecule has 0 radical (unpaired) electrons. The van der Waals surface area contributed by atoms with Gasteiger partial charge in [-0.2, -0.15) is 13.2 Å². The molecule has 0 unspecified atom stereocenters. The lowest BCUT2D eigenvalue weighted by Crippen LogP contribution is -2.60. The average Bonchev–Trinajstić information content (AvgIpc) is 2.45. The number of hydrogen-bond donors (Lipinski definition) is 1. The quantitative estimate of drug-likeness (QED) is 0.925. The number of urea groups is 1. The van der Waals surface area contributed by atoms with E-state index in [2.05, 4.69) is 10.3 Å². The third kappa shape index (κ3) is 5.09. The van der Waals surface area contributed by atoms with Crippen LogP contribution in [-0.4, -0.2) is 53.4 Å². The minimum absolute atomic E-state index is 0.112. The summed E-state index contributed by atoms with van der Waals surface area (Å²) in [6.45, 7) is 3.05. The number of aromatic nitrogens is 1. The van der Waals surface area contributed by atoms with Gasteiger partial charge in [-0.1, -0.05) is 0 Å². The number of nitrogens with zero attached hydrogens (tertiary/aromatic N) is 2. The maximum absolute atomic E-state index is 12.9. The van der Waals surface area contributed by atoms with Gasteiger partial charge in [-0.3, -0.25) is 4.98 Å². The fourth-order valence-corrected chi connectivity index (χ4v) is 2.48. The second kappa shape index (κ2) is 6.74. The molecule has 1 fully saturated rings. The van der Waals surface area contributed by atoms with Crippen LogP contribution in [0.15, 0.2) is 24.5 Å². The lowest BCUT2D eigenvalue weighted by molar-refractivity contribution is -0.267. The highest BCUT2D eigenvalue weighted by Crippen LogP contribution is 2.31. The van der Waals surface area contributed by atoms with Crippen LogP contribution in [0.5, 0.6) is 0 Å². The van der Waals surface area contributed by atoms with Gasteiger partial charge in [0.1, 0.15) is 0 Å². The molecule has 8 heteroatoms. The van der Waals surface area contributed by atoms with Crippen LogP contribution in [0.1, 0.15) is 19.4 Å². The van der Waals surface area contributed by atoms with E-state index < -0.39 is 30.5 Å². The molecule has 0 aromatic carbocycles. The molecule has 0 saturated carbocycles. The Kier molecular flexibility index (Phi) is 5.13. The number of halogens is 3. The fraction of sp³-hybridized carbons (Fsp3) is 0.600. The SMILES string of the molecule is CC1(C)CN(C(=O)NCCc2ccncc2)C[C@H](C(F)(F)F)O1. The van der Waals surface area contributed by atoms with Crippen molar-refractivity contribution in [2.75, 3.05) is 19.6 Å². The third-order valence-electron chi connectivity index (χ3n) is 3.51. The van der Waals surface area contributed by atoms with Gasteiger partial charge in [0.05, 0.1) is 18.7 Å². The Morgan fingerprint density at radius 2 is 2.09 bits per heavy atom. The van der Waals surface area contributed by atoms with Crippen molar-refractivity contribution >= 4 is 6.03 Å². The van der Waals surface area contributed by atoms with Crippen molar-refractivity contribution in [2.24, 2.45) is 0 Å². The normalized spacial score (nSPS) is 21.1. The van der Waals surface area contributed by atoms with Crippen LogP contribution in [-0.2, 0) is 11.2 Å². The number of alkyl halides is 3. The summed E-state index contributed by atoms with van der Waals surface area (Å²) in [7, 11) is 0. The first kappa shape index (κ1) is 17.5. The van der Waals surface area contributed by atoms with Crippen molar-refractivity contribution in [2.45, 2.75) is 38.1 Å². The molecule has 1 saturated heterocycles. The predicted molar refractivity (Wildman–Crippen MR) is 77.9 cm³/mol. The van der Waals surface area contributed by atoms with Crippen molar-refractivity contribution in [1.82, 2.24) is 15.2 Å². The topological polar surface area (TPSA) is 54.5 Å². The van der Waals surface area contributed by atoms with Gasteiger partial charge >= 0.3 is 12.2 Å². The zero-order valence-electron chi connectivity index (χ0n) is 13.1. The van der Waals surface area contributed by atoms with E-state index in [-0.39, 0.29) is 6.54 Å². The summed E-state index contributed by atoms with van der Waals surface area (Å²) >= 11 is 0. The molecule has 23 heavy (non-hydrogen) atoms. The smallest absolute Gasteiger partial charge is 0.359 e. The molecule has 0 spiro atoms. The van der Waals surface area contributed by atoms with Gasteiger partial charge < -0.3 is 15.0 Å². The molecule has 2 amide bonds. The Hall–Kier alpha value is -1.83. The number of carbonyl (C=O) groups is 1. The molecular weight excluding hydrogens is 311 g/mol. The minimum atomic E-state index is -4.49. The van der Waals surface area contributed by atoms with E-state index in [1.165, 1.54) is 0 Å². The van der Waals surface area contributed by atoms with E-state index in [1.807, 2.05) is 12.1 Å². The molecule has 2 heterocycles. The van der Waals surface area contributed by atoms with Crippen LogP contribution < -0.4 is 5.32 Å². The highest BCUT2D eigenvalue weighted by Gasteiger charge is 2.49. The van der Waals surface area contributed by atoms with Crippen molar-refractivity contribution in [1.29, 1.82) is 0 Å². The zero-order chi connectivity index (χ0) is 17.1. The summed E-state index contributed by atoms with van der Waals surface area (Å²) in [5.41, 5.74) is -0.0447. The monoisotopic (exact) mass is 331 g/mol. The number of ether oxygens (including phenoxy) is 1. The predicted octanol–water partition coefficient (Wildman–Crippen LogP) is 2.38.